The highest BCUT2D eigenvalue weighted by atomic mass is 28.4. The van der Waals surface area contributed by atoms with Crippen LogP contribution in [-0.4, -0.2) is 34.5 Å². The number of hydrogen-bond donors (Lipinski definition) is 0. The Labute approximate surface area is 109 Å². The summed E-state index contributed by atoms with van der Waals surface area (Å²) in [4.78, 5) is 14.5. The van der Waals surface area contributed by atoms with E-state index in [1.807, 2.05) is 37.3 Å². The summed E-state index contributed by atoms with van der Waals surface area (Å²) in [6.45, 7) is 2.04. The van der Waals surface area contributed by atoms with Gasteiger partial charge in [0.1, 0.15) is 5.67 Å². The van der Waals surface area contributed by atoms with Crippen LogP contribution in [0.4, 0.5) is 0 Å². The van der Waals surface area contributed by atoms with Crippen LogP contribution in [0.5, 0.6) is 0 Å². The zero-order chi connectivity index (χ0) is 13.4. The van der Waals surface area contributed by atoms with E-state index in [9.17, 15) is 4.79 Å². The molecule has 1 rings (SSSR count). The third-order valence-corrected chi connectivity index (χ3v) is 6.64. The molecular weight excluding hydrogens is 246 g/mol. The Morgan fingerprint density at radius 2 is 1.89 bits per heavy atom. The quantitative estimate of drug-likeness (QED) is 0.428. The van der Waals surface area contributed by atoms with Gasteiger partial charge in [-0.25, -0.2) is 9.79 Å². The van der Waals surface area contributed by atoms with Gasteiger partial charge in [-0.15, -0.1) is 0 Å². The first-order valence-electron chi connectivity index (χ1n) is 5.98. The summed E-state index contributed by atoms with van der Waals surface area (Å²) in [5.74, 6) is 0. The fourth-order valence-electron chi connectivity index (χ4n) is 2.13. The van der Waals surface area contributed by atoms with E-state index in [2.05, 4.69) is 4.99 Å². The summed E-state index contributed by atoms with van der Waals surface area (Å²) < 4.78 is 11.4. The van der Waals surface area contributed by atoms with Crippen molar-refractivity contribution in [1.82, 2.24) is 0 Å². The average molecular weight is 265 g/mol. The normalized spacial score (nSPS) is 12.8. The Kier molecular flexibility index (Phi) is 5.95. The van der Waals surface area contributed by atoms with E-state index in [-0.39, 0.29) is 5.67 Å². The van der Waals surface area contributed by atoms with Crippen LogP contribution in [0.15, 0.2) is 35.3 Å². The smallest absolute Gasteiger partial charge is 0.393 e. The topological polar surface area (TPSA) is 47.9 Å². The van der Waals surface area contributed by atoms with Gasteiger partial charge in [-0.3, -0.25) is 0 Å². The van der Waals surface area contributed by atoms with Crippen molar-refractivity contribution in [1.29, 1.82) is 0 Å². The molecule has 0 saturated heterocycles. The predicted octanol–water partition coefficient (Wildman–Crippen LogP) is 1.67. The van der Waals surface area contributed by atoms with Crippen LogP contribution in [0, 0.1) is 0 Å². The Hall–Kier alpha value is -1.26. The Balaban J connectivity index is 3.23. The molecule has 98 valence electrons. The number of aliphatic imine (C=N–C) groups is 1. The summed E-state index contributed by atoms with van der Waals surface area (Å²) >= 11 is 0. The maximum atomic E-state index is 10.6. The minimum atomic E-state index is -2.72. The van der Waals surface area contributed by atoms with E-state index >= 15 is 0 Å². The van der Waals surface area contributed by atoms with Crippen LogP contribution in [0.25, 0.3) is 0 Å². The molecule has 0 N–H and O–H groups in total. The summed E-state index contributed by atoms with van der Waals surface area (Å²) in [6, 6.07) is 9.72. The predicted molar refractivity (Wildman–Crippen MR) is 72.7 cm³/mol. The molecule has 1 unspecified atom stereocenters. The van der Waals surface area contributed by atoms with Crippen LogP contribution in [0.2, 0.25) is 0 Å². The molecule has 0 radical (unpaired) electrons. The summed E-state index contributed by atoms with van der Waals surface area (Å²) in [6.07, 6.45) is 3.30. The Bertz CT molecular complexity index is 400. The molecule has 0 aliphatic heterocycles. The number of rotatable bonds is 7. The van der Waals surface area contributed by atoms with Crippen molar-refractivity contribution < 1.29 is 13.6 Å². The molecule has 0 spiro atoms. The number of benzene rings is 1. The fourth-order valence-corrected chi connectivity index (χ4v) is 5.25. The highest BCUT2D eigenvalue weighted by Crippen LogP contribution is 2.18. The fraction of sp³-hybridized carbons (Fsp3) is 0.462. The maximum Gasteiger partial charge on any atom is 0.398 e. The van der Waals surface area contributed by atoms with Gasteiger partial charge in [0.15, 0.2) is 0 Å². The number of nitrogens with zero attached hydrogens (tertiary/aromatic N) is 1. The maximum absolute atomic E-state index is 10.6. The number of carbonyl (C=O) groups excluding carboxylic acids is 1. The summed E-state index contributed by atoms with van der Waals surface area (Å²) in [7, 11) is 0.513. The standard InChI is InChI=1S/C13H19NO3Si/c1-4-8-13(14-11-15)18(16-2,17-3)12-9-6-5-7-10-12/h5-7,9-10,13H,4,8H2,1-3H3. The van der Waals surface area contributed by atoms with E-state index in [0.717, 1.165) is 18.0 Å². The molecule has 0 saturated carbocycles. The van der Waals surface area contributed by atoms with Crippen LogP contribution in [0.3, 0.4) is 0 Å². The summed E-state index contributed by atoms with van der Waals surface area (Å²) in [5, 5.41) is 0.979. The molecule has 5 heteroatoms. The van der Waals surface area contributed by atoms with E-state index in [4.69, 9.17) is 8.85 Å². The largest absolute Gasteiger partial charge is 0.398 e. The third kappa shape index (κ3) is 2.94. The second kappa shape index (κ2) is 7.23. The molecular formula is C13H19NO3Si. The van der Waals surface area contributed by atoms with Crippen molar-refractivity contribution in [2.45, 2.75) is 25.4 Å². The first kappa shape index (κ1) is 14.8. The third-order valence-electron chi connectivity index (χ3n) is 2.99. The van der Waals surface area contributed by atoms with E-state index in [1.165, 1.54) is 0 Å². The van der Waals surface area contributed by atoms with Crippen LogP contribution >= 0.6 is 0 Å². The molecule has 0 aromatic heterocycles. The zero-order valence-electron chi connectivity index (χ0n) is 11.1. The molecule has 0 fully saturated rings. The first-order valence-corrected chi connectivity index (χ1v) is 7.87. The molecule has 0 aliphatic carbocycles. The van der Waals surface area contributed by atoms with Crippen molar-refractivity contribution in [2.75, 3.05) is 14.2 Å². The lowest BCUT2D eigenvalue weighted by Crippen LogP contribution is -2.61. The molecule has 0 bridgehead atoms. The second-order valence-corrected chi connectivity index (χ2v) is 7.36. The minimum Gasteiger partial charge on any atom is -0.393 e. The van der Waals surface area contributed by atoms with Crippen LogP contribution < -0.4 is 5.19 Å². The van der Waals surface area contributed by atoms with Gasteiger partial charge < -0.3 is 8.85 Å². The molecule has 1 aromatic carbocycles. The highest BCUT2D eigenvalue weighted by Gasteiger charge is 2.46. The molecule has 0 amide bonds. The second-order valence-electron chi connectivity index (χ2n) is 3.97. The van der Waals surface area contributed by atoms with Gasteiger partial charge in [0, 0.05) is 14.2 Å². The van der Waals surface area contributed by atoms with Gasteiger partial charge in [0.05, 0.1) is 0 Å². The first-order chi connectivity index (χ1) is 8.75. The van der Waals surface area contributed by atoms with Crippen LogP contribution in [-0.2, 0) is 13.6 Å². The van der Waals surface area contributed by atoms with E-state index in [1.54, 1.807) is 20.3 Å². The Morgan fingerprint density at radius 1 is 1.28 bits per heavy atom. The van der Waals surface area contributed by atoms with Gasteiger partial charge in [-0.2, -0.15) is 0 Å². The lowest BCUT2D eigenvalue weighted by Gasteiger charge is -2.32. The molecule has 1 aromatic rings. The van der Waals surface area contributed by atoms with Crippen molar-refractivity contribution in [3.63, 3.8) is 0 Å². The van der Waals surface area contributed by atoms with Crippen molar-refractivity contribution in [2.24, 2.45) is 4.99 Å². The molecule has 0 aliphatic rings. The van der Waals surface area contributed by atoms with Crippen molar-refractivity contribution >= 4 is 19.8 Å². The van der Waals surface area contributed by atoms with Crippen molar-refractivity contribution in [3.8, 4) is 0 Å². The zero-order valence-corrected chi connectivity index (χ0v) is 12.1. The molecule has 18 heavy (non-hydrogen) atoms. The van der Waals surface area contributed by atoms with Crippen molar-refractivity contribution in [3.05, 3.63) is 30.3 Å². The lowest BCUT2D eigenvalue weighted by molar-refractivity contribution is 0.243. The van der Waals surface area contributed by atoms with E-state index in [0.29, 0.717) is 0 Å². The lowest BCUT2D eigenvalue weighted by atomic mass is 10.3. The minimum absolute atomic E-state index is 0.266. The SMILES string of the molecule is CCCC(N=C=O)[Si](OC)(OC)c1ccccc1. The number of isocyanates is 1. The average Bonchev–Trinajstić information content (AvgIpc) is 2.42. The van der Waals surface area contributed by atoms with Gasteiger partial charge in [-0.1, -0.05) is 43.7 Å². The monoisotopic (exact) mass is 265 g/mol. The number of hydrogen-bond acceptors (Lipinski definition) is 4. The van der Waals surface area contributed by atoms with E-state index < -0.39 is 8.56 Å². The van der Waals surface area contributed by atoms with Gasteiger partial charge in [0.2, 0.25) is 6.08 Å². The van der Waals surface area contributed by atoms with Gasteiger partial charge in [-0.05, 0) is 11.6 Å². The highest BCUT2D eigenvalue weighted by molar-refractivity contribution is 6.82. The molecule has 1 atom stereocenters. The van der Waals surface area contributed by atoms with Gasteiger partial charge >= 0.3 is 8.56 Å². The molecule has 4 nitrogen and oxygen atoms in total. The molecule has 0 heterocycles. The van der Waals surface area contributed by atoms with Gasteiger partial charge in [0.25, 0.3) is 0 Å². The summed E-state index contributed by atoms with van der Waals surface area (Å²) in [5.41, 5.74) is -0.266. The Morgan fingerprint density at radius 3 is 2.33 bits per heavy atom. The van der Waals surface area contributed by atoms with Crippen LogP contribution in [0.1, 0.15) is 19.8 Å².